The molecular formula is C18H20N4O3S. The van der Waals surface area contributed by atoms with Crippen LogP contribution in [0.2, 0.25) is 0 Å². The SMILES string of the molecule is COc1ccc(-c2noc(CCC(=O)NCCc3csc(C)n3)n2)cc1. The Morgan fingerprint density at radius 2 is 2.04 bits per heavy atom. The molecule has 0 aliphatic heterocycles. The minimum atomic E-state index is -0.0406. The third kappa shape index (κ3) is 4.89. The van der Waals surface area contributed by atoms with E-state index in [0.717, 1.165) is 28.4 Å². The minimum absolute atomic E-state index is 0.0406. The zero-order valence-corrected chi connectivity index (χ0v) is 15.5. The highest BCUT2D eigenvalue weighted by Gasteiger charge is 2.11. The molecule has 0 bridgehead atoms. The summed E-state index contributed by atoms with van der Waals surface area (Å²) in [6.45, 7) is 2.54. The van der Waals surface area contributed by atoms with Crippen LogP contribution >= 0.6 is 11.3 Å². The number of thiazole rings is 1. The van der Waals surface area contributed by atoms with Crippen LogP contribution in [-0.2, 0) is 17.6 Å². The van der Waals surface area contributed by atoms with Gasteiger partial charge in [0.25, 0.3) is 0 Å². The maximum absolute atomic E-state index is 11.9. The molecule has 3 aromatic rings. The Morgan fingerprint density at radius 3 is 2.73 bits per heavy atom. The molecule has 1 aromatic carbocycles. The maximum atomic E-state index is 11.9. The number of carbonyl (C=O) groups excluding carboxylic acids is 1. The van der Waals surface area contributed by atoms with Crippen LogP contribution in [0, 0.1) is 6.92 Å². The number of carbonyl (C=O) groups is 1. The number of hydrogen-bond donors (Lipinski definition) is 1. The Labute approximate surface area is 155 Å². The van der Waals surface area contributed by atoms with Crippen LogP contribution in [-0.4, -0.2) is 34.7 Å². The maximum Gasteiger partial charge on any atom is 0.227 e. The number of nitrogens with zero attached hydrogens (tertiary/aromatic N) is 3. The van der Waals surface area contributed by atoms with Gasteiger partial charge in [-0.3, -0.25) is 4.79 Å². The van der Waals surface area contributed by atoms with Crippen LogP contribution in [0.15, 0.2) is 34.2 Å². The van der Waals surface area contributed by atoms with E-state index in [1.165, 1.54) is 0 Å². The lowest BCUT2D eigenvalue weighted by atomic mass is 10.2. The fraction of sp³-hybridized carbons (Fsp3) is 0.333. The Balaban J connectivity index is 1.44. The van der Waals surface area contributed by atoms with Gasteiger partial charge in [0.05, 0.1) is 17.8 Å². The first-order valence-electron chi connectivity index (χ1n) is 8.29. The van der Waals surface area contributed by atoms with Gasteiger partial charge in [-0.25, -0.2) is 4.98 Å². The molecule has 0 spiro atoms. The van der Waals surface area contributed by atoms with Crippen molar-refractivity contribution in [3.05, 3.63) is 46.2 Å². The minimum Gasteiger partial charge on any atom is -0.497 e. The van der Waals surface area contributed by atoms with Crippen molar-refractivity contribution in [1.29, 1.82) is 0 Å². The number of benzene rings is 1. The van der Waals surface area contributed by atoms with Gasteiger partial charge in [-0.1, -0.05) is 5.16 Å². The number of rotatable bonds is 8. The van der Waals surface area contributed by atoms with Crippen molar-refractivity contribution < 1.29 is 14.1 Å². The first-order chi connectivity index (χ1) is 12.6. The molecule has 0 atom stereocenters. The highest BCUT2D eigenvalue weighted by Crippen LogP contribution is 2.20. The summed E-state index contributed by atoms with van der Waals surface area (Å²) in [5.41, 5.74) is 1.85. The quantitative estimate of drug-likeness (QED) is 0.654. The van der Waals surface area contributed by atoms with Crippen LogP contribution < -0.4 is 10.1 Å². The van der Waals surface area contributed by atoms with Crippen LogP contribution in [0.1, 0.15) is 23.0 Å². The van der Waals surface area contributed by atoms with Crippen LogP contribution in [0.3, 0.4) is 0 Å². The number of nitrogens with one attached hydrogen (secondary N) is 1. The zero-order chi connectivity index (χ0) is 18.4. The predicted octanol–water partition coefficient (Wildman–Crippen LogP) is 2.80. The van der Waals surface area contributed by atoms with Crippen molar-refractivity contribution in [2.75, 3.05) is 13.7 Å². The molecule has 1 amide bonds. The summed E-state index contributed by atoms with van der Waals surface area (Å²) in [6, 6.07) is 7.39. The van der Waals surface area contributed by atoms with Gasteiger partial charge >= 0.3 is 0 Å². The van der Waals surface area contributed by atoms with E-state index in [0.29, 0.717) is 31.1 Å². The Kier molecular flexibility index (Phi) is 5.96. The first-order valence-corrected chi connectivity index (χ1v) is 9.16. The van der Waals surface area contributed by atoms with Crippen molar-refractivity contribution in [3.8, 4) is 17.1 Å². The lowest BCUT2D eigenvalue weighted by Crippen LogP contribution is -2.26. The van der Waals surface area contributed by atoms with E-state index < -0.39 is 0 Å². The summed E-state index contributed by atoms with van der Waals surface area (Å²) < 4.78 is 10.3. The van der Waals surface area contributed by atoms with Crippen molar-refractivity contribution in [3.63, 3.8) is 0 Å². The Bertz CT molecular complexity index is 857. The van der Waals surface area contributed by atoms with Gasteiger partial charge in [-0.05, 0) is 31.2 Å². The largest absolute Gasteiger partial charge is 0.497 e. The molecule has 0 radical (unpaired) electrons. The van der Waals surface area contributed by atoms with Gasteiger partial charge in [-0.15, -0.1) is 11.3 Å². The van der Waals surface area contributed by atoms with Crippen molar-refractivity contribution >= 4 is 17.2 Å². The first kappa shape index (κ1) is 18.1. The van der Waals surface area contributed by atoms with Gasteiger partial charge in [0.15, 0.2) is 0 Å². The molecule has 1 N–H and O–H groups in total. The van der Waals surface area contributed by atoms with E-state index in [1.807, 2.05) is 36.6 Å². The molecule has 0 saturated carbocycles. The molecule has 7 nitrogen and oxygen atoms in total. The number of aryl methyl sites for hydroxylation is 2. The normalized spacial score (nSPS) is 10.7. The van der Waals surface area contributed by atoms with Crippen LogP contribution in [0.4, 0.5) is 0 Å². The highest BCUT2D eigenvalue weighted by atomic mass is 32.1. The van der Waals surface area contributed by atoms with Crippen molar-refractivity contribution in [1.82, 2.24) is 20.4 Å². The molecule has 0 saturated heterocycles. The number of aromatic nitrogens is 3. The molecule has 0 aliphatic rings. The summed E-state index contributed by atoms with van der Waals surface area (Å²) >= 11 is 1.61. The summed E-state index contributed by atoms with van der Waals surface area (Å²) in [7, 11) is 1.62. The van der Waals surface area contributed by atoms with E-state index in [9.17, 15) is 4.79 Å². The second-order valence-corrected chi connectivity index (χ2v) is 6.76. The zero-order valence-electron chi connectivity index (χ0n) is 14.7. The Morgan fingerprint density at radius 1 is 1.23 bits per heavy atom. The summed E-state index contributed by atoms with van der Waals surface area (Å²) in [5.74, 6) is 1.67. The fourth-order valence-corrected chi connectivity index (χ4v) is 3.02. The molecular weight excluding hydrogens is 352 g/mol. The van der Waals surface area contributed by atoms with Crippen LogP contribution in [0.25, 0.3) is 11.4 Å². The number of methoxy groups -OCH3 is 1. The lowest BCUT2D eigenvalue weighted by molar-refractivity contribution is -0.121. The van der Waals surface area contributed by atoms with Gasteiger partial charge < -0.3 is 14.6 Å². The third-order valence-electron chi connectivity index (χ3n) is 3.75. The molecule has 2 aromatic heterocycles. The average molecular weight is 372 g/mol. The monoisotopic (exact) mass is 372 g/mol. The second kappa shape index (κ2) is 8.57. The average Bonchev–Trinajstić information content (AvgIpc) is 3.29. The molecule has 26 heavy (non-hydrogen) atoms. The molecule has 8 heteroatoms. The summed E-state index contributed by atoms with van der Waals surface area (Å²) in [6.07, 6.45) is 1.45. The Hall–Kier alpha value is -2.74. The molecule has 0 aliphatic carbocycles. The molecule has 136 valence electrons. The van der Waals surface area contributed by atoms with Crippen molar-refractivity contribution in [2.24, 2.45) is 0 Å². The topological polar surface area (TPSA) is 90.1 Å². The third-order valence-corrected chi connectivity index (χ3v) is 4.57. The van der Waals surface area contributed by atoms with Crippen molar-refractivity contribution in [2.45, 2.75) is 26.2 Å². The lowest BCUT2D eigenvalue weighted by Gasteiger charge is -2.02. The molecule has 2 heterocycles. The molecule has 0 fully saturated rings. The van der Waals surface area contributed by atoms with E-state index in [2.05, 4.69) is 20.4 Å². The number of hydrogen-bond acceptors (Lipinski definition) is 7. The van der Waals surface area contributed by atoms with E-state index in [1.54, 1.807) is 18.4 Å². The van der Waals surface area contributed by atoms with Crippen LogP contribution in [0.5, 0.6) is 5.75 Å². The second-order valence-electron chi connectivity index (χ2n) is 5.70. The summed E-state index contributed by atoms with van der Waals surface area (Å²) in [5, 5.41) is 9.89. The fourth-order valence-electron chi connectivity index (χ4n) is 2.38. The van der Waals surface area contributed by atoms with Gasteiger partial charge in [0.2, 0.25) is 17.6 Å². The highest BCUT2D eigenvalue weighted by molar-refractivity contribution is 7.09. The predicted molar refractivity (Wildman–Crippen MR) is 98.2 cm³/mol. The van der Waals surface area contributed by atoms with E-state index in [4.69, 9.17) is 9.26 Å². The van der Waals surface area contributed by atoms with Gasteiger partial charge in [0.1, 0.15) is 5.75 Å². The van der Waals surface area contributed by atoms with Gasteiger partial charge in [0, 0.05) is 36.8 Å². The molecule has 3 rings (SSSR count). The van der Waals surface area contributed by atoms with E-state index in [-0.39, 0.29) is 5.91 Å². The number of amides is 1. The van der Waals surface area contributed by atoms with E-state index >= 15 is 0 Å². The smallest absolute Gasteiger partial charge is 0.227 e. The number of ether oxygens (including phenoxy) is 1. The standard InChI is InChI=1S/C18H20N4O3S/c1-12-20-14(11-26-12)9-10-19-16(23)7-8-17-21-18(22-25-17)13-3-5-15(24-2)6-4-13/h3-6,11H,7-10H2,1-2H3,(H,19,23). The summed E-state index contributed by atoms with van der Waals surface area (Å²) in [4.78, 5) is 20.6. The molecule has 0 unspecified atom stereocenters. The van der Waals surface area contributed by atoms with Gasteiger partial charge in [-0.2, -0.15) is 4.98 Å².